The summed E-state index contributed by atoms with van der Waals surface area (Å²) in [6.07, 6.45) is -1.08. The molecule has 0 fully saturated rings. The summed E-state index contributed by atoms with van der Waals surface area (Å²) < 4.78 is 29.4. The Balaban J connectivity index is 1.55. The van der Waals surface area contributed by atoms with E-state index in [4.69, 9.17) is 13.9 Å². The molecule has 7 heteroatoms. The fraction of sp³-hybridized carbons (Fsp3) is 0.130. The van der Waals surface area contributed by atoms with Gasteiger partial charge in [0.15, 0.2) is 6.10 Å². The van der Waals surface area contributed by atoms with E-state index in [-0.39, 0.29) is 5.56 Å². The maximum Gasteiger partial charge on any atom is 0.338 e. The lowest BCUT2D eigenvalue weighted by molar-refractivity contribution is -0.123. The number of hydrogen-bond acceptors (Lipinski definition) is 5. The lowest BCUT2D eigenvalue weighted by atomic mass is 10.1. The molecule has 1 amide bonds. The summed E-state index contributed by atoms with van der Waals surface area (Å²) in [5.74, 6) is -1.29. The van der Waals surface area contributed by atoms with E-state index < -0.39 is 23.8 Å². The van der Waals surface area contributed by atoms with Crippen LogP contribution in [0.25, 0.3) is 21.9 Å². The minimum Gasteiger partial charge on any atom is -0.495 e. The number of halogens is 1. The van der Waals surface area contributed by atoms with Crippen LogP contribution in [-0.2, 0) is 9.53 Å². The summed E-state index contributed by atoms with van der Waals surface area (Å²) in [5, 5.41) is 4.50. The molecule has 0 spiro atoms. The summed E-state index contributed by atoms with van der Waals surface area (Å²) in [6.45, 7) is 1.45. The molecule has 152 valence electrons. The molecule has 0 saturated heterocycles. The highest BCUT2D eigenvalue weighted by Gasteiger charge is 2.21. The highest BCUT2D eigenvalue weighted by Crippen LogP contribution is 2.36. The Morgan fingerprint density at radius 2 is 1.73 bits per heavy atom. The molecule has 1 heterocycles. The van der Waals surface area contributed by atoms with Crippen LogP contribution in [0.15, 0.2) is 65.1 Å². The molecule has 0 radical (unpaired) electrons. The van der Waals surface area contributed by atoms with Crippen molar-refractivity contribution in [2.75, 3.05) is 12.4 Å². The third-order valence-corrected chi connectivity index (χ3v) is 4.69. The van der Waals surface area contributed by atoms with Crippen LogP contribution in [0.1, 0.15) is 17.3 Å². The maximum absolute atomic E-state index is 13.0. The van der Waals surface area contributed by atoms with E-state index in [1.807, 2.05) is 24.3 Å². The smallest absolute Gasteiger partial charge is 0.338 e. The van der Waals surface area contributed by atoms with Crippen molar-refractivity contribution in [3.63, 3.8) is 0 Å². The van der Waals surface area contributed by atoms with Gasteiger partial charge in [0.1, 0.15) is 22.7 Å². The Bertz CT molecular complexity index is 1250. The molecule has 4 rings (SSSR count). The van der Waals surface area contributed by atoms with Crippen LogP contribution < -0.4 is 10.1 Å². The lowest BCUT2D eigenvalue weighted by Gasteiger charge is -2.15. The van der Waals surface area contributed by atoms with Crippen molar-refractivity contribution in [3.05, 3.63) is 72.0 Å². The third-order valence-electron chi connectivity index (χ3n) is 4.69. The molecule has 0 unspecified atom stereocenters. The van der Waals surface area contributed by atoms with Gasteiger partial charge in [-0.15, -0.1) is 0 Å². The zero-order valence-corrected chi connectivity index (χ0v) is 16.3. The van der Waals surface area contributed by atoms with E-state index in [9.17, 15) is 14.0 Å². The van der Waals surface area contributed by atoms with Crippen molar-refractivity contribution in [2.24, 2.45) is 0 Å². The van der Waals surface area contributed by atoms with Crippen molar-refractivity contribution >= 4 is 39.5 Å². The van der Waals surface area contributed by atoms with E-state index >= 15 is 0 Å². The second kappa shape index (κ2) is 7.87. The van der Waals surface area contributed by atoms with Crippen LogP contribution in [0.3, 0.4) is 0 Å². The first-order chi connectivity index (χ1) is 14.5. The first-order valence-electron chi connectivity index (χ1n) is 9.23. The van der Waals surface area contributed by atoms with E-state index in [0.717, 1.165) is 28.5 Å². The highest BCUT2D eigenvalue weighted by atomic mass is 19.1. The number of benzene rings is 3. The van der Waals surface area contributed by atoms with Crippen molar-refractivity contribution < 1.29 is 27.9 Å². The number of anilines is 1. The van der Waals surface area contributed by atoms with Gasteiger partial charge in [-0.3, -0.25) is 4.79 Å². The topological polar surface area (TPSA) is 77.8 Å². The van der Waals surface area contributed by atoms with E-state index in [1.165, 1.54) is 26.2 Å². The number of furan rings is 1. The summed E-state index contributed by atoms with van der Waals surface area (Å²) in [5.41, 5.74) is 1.85. The van der Waals surface area contributed by atoms with E-state index in [1.54, 1.807) is 12.1 Å². The maximum atomic E-state index is 13.0. The standard InChI is InChI=1S/C23H18FNO5/c1-13(29-23(27)14-7-9-15(24)10-8-14)22(26)25-18-12-20-17(11-21(18)28-2)16-5-3-4-6-19(16)30-20/h3-13H,1-2H3,(H,25,26)/t13-/m1/s1. The third kappa shape index (κ3) is 3.69. The van der Waals surface area contributed by atoms with Gasteiger partial charge in [-0.1, -0.05) is 18.2 Å². The number of nitrogens with one attached hydrogen (secondary N) is 1. The summed E-state index contributed by atoms with van der Waals surface area (Å²) in [6, 6.07) is 15.9. The summed E-state index contributed by atoms with van der Waals surface area (Å²) in [4.78, 5) is 24.7. The molecular weight excluding hydrogens is 389 g/mol. The molecule has 0 aliphatic carbocycles. The van der Waals surface area contributed by atoms with Gasteiger partial charge in [-0.25, -0.2) is 9.18 Å². The molecule has 0 saturated carbocycles. The van der Waals surface area contributed by atoms with E-state index in [2.05, 4.69) is 5.32 Å². The zero-order chi connectivity index (χ0) is 21.3. The van der Waals surface area contributed by atoms with Gasteiger partial charge in [-0.2, -0.15) is 0 Å². The second-order valence-electron chi connectivity index (χ2n) is 6.69. The number of para-hydroxylation sites is 1. The predicted octanol–water partition coefficient (Wildman–Crippen LogP) is 4.92. The normalized spacial score (nSPS) is 12.0. The second-order valence-corrected chi connectivity index (χ2v) is 6.69. The number of rotatable bonds is 5. The minimum absolute atomic E-state index is 0.150. The van der Waals surface area contributed by atoms with Crippen LogP contribution in [0.4, 0.5) is 10.1 Å². The number of carbonyl (C=O) groups is 2. The molecule has 4 aromatic rings. The van der Waals surface area contributed by atoms with Gasteiger partial charge in [0.2, 0.25) is 0 Å². The molecule has 1 atom stereocenters. The molecule has 0 aliphatic heterocycles. The van der Waals surface area contributed by atoms with Gasteiger partial charge in [-0.05, 0) is 43.3 Å². The van der Waals surface area contributed by atoms with Crippen LogP contribution in [0, 0.1) is 5.82 Å². The fourth-order valence-electron chi connectivity index (χ4n) is 3.12. The number of esters is 1. The van der Waals surface area contributed by atoms with Crippen LogP contribution in [0.5, 0.6) is 5.75 Å². The highest BCUT2D eigenvalue weighted by molar-refractivity contribution is 6.08. The monoisotopic (exact) mass is 407 g/mol. The van der Waals surface area contributed by atoms with Crippen molar-refractivity contribution in [2.45, 2.75) is 13.0 Å². The van der Waals surface area contributed by atoms with Gasteiger partial charge in [0.05, 0.1) is 18.4 Å². The quantitative estimate of drug-likeness (QED) is 0.475. The molecular formula is C23H18FNO5. The van der Waals surface area contributed by atoms with Gasteiger partial charge in [0.25, 0.3) is 5.91 Å². The Morgan fingerprint density at radius 1 is 1.00 bits per heavy atom. The minimum atomic E-state index is -1.08. The molecule has 1 N–H and O–H groups in total. The average Bonchev–Trinajstić information content (AvgIpc) is 3.10. The first kappa shape index (κ1) is 19.4. The number of amides is 1. The zero-order valence-electron chi connectivity index (χ0n) is 16.3. The number of methoxy groups -OCH3 is 1. The number of hydrogen-bond donors (Lipinski definition) is 1. The summed E-state index contributed by atoms with van der Waals surface area (Å²) >= 11 is 0. The van der Waals surface area contributed by atoms with Crippen LogP contribution in [-0.4, -0.2) is 25.1 Å². The molecule has 3 aromatic carbocycles. The van der Waals surface area contributed by atoms with E-state index in [0.29, 0.717) is 17.0 Å². The number of carbonyl (C=O) groups excluding carboxylic acids is 2. The average molecular weight is 407 g/mol. The molecule has 0 aliphatic rings. The largest absolute Gasteiger partial charge is 0.495 e. The Labute approximate surface area is 171 Å². The van der Waals surface area contributed by atoms with Crippen molar-refractivity contribution in [1.82, 2.24) is 0 Å². The van der Waals surface area contributed by atoms with Crippen molar-refractivity contribution in [1.29, 1.82) is 0 Å². The summed E-state index contributed by atoms with van der Waals surface area (Å²) in [7, 11) is 1.50. The Kier molecular flexibility index (Phi) is 5.10. The van der Waals surface area contributed by atoms with Gasteiger partial charge in [0, 0.05) is 16.8 Å². The SMILES string of the molecule is COc1cc2c(cc1NC(=O)[C@@H](C)OC(=O)c1ccc(F)cc1)oc1ccccc12. The number of ether oxygens (including phenoxy) is 2. The van der Waals surface area contributed by atoms with Gasteiger partial charge < -0.3 is 19.2 Å². The van der Waals surface area contributed by atoms with Crippen LogP contribution >= 0.6 is 0 Å². The predicted molar refractivity (Wildman–Crippen MR) is 110 cm³/mol. The van der Waals surface area contributed by atoms with Crippen LogP contribution in [0.2, 0.25) is 0 Å². The van der Waals surface area contributed by atoms with Crippen molar-refractivity contribution in [3.8, 4) is 5.75 Å². The lowest BCUT2D eigenvalue weighted by Crippen LogP contribution is -2.30. The molecule has 30 heavy (non-hydrogen) atoms. The molecule has 1 aromatic heterocycles. The van der Waals surface area contributed by atoms with Gasteiger partial charge >= 0.3 is 5.97 Å². The first-order valence-corrected chi connectivity index (χ1v) is 9.23. The Hall–Kier alpha value is -3.87. The molecule has 6 nitrogen and oxygen atoms in total. The fourth-order valence-corrected chi connectivity index (χ4v) is 3.12. The Morgan fingerprint density at radius 3 is 2.47 bits per heavy atom. The number of fused-ring (bicyclic) bond motifs is 3. The molecule has 0 bridgehead atoms.